The molecule has 2 heterocycles. The summed E-state index contributed by atoms with van der Waals surface area (Å²) >= 11 is 1.17. The van der Waals surface area contributed by atoms with Gasteiger partial charge in [-0.2, -0.15) is 0 Å². The molecule has 0 aliphatic carbocycles. The van der Waals surface area contributed by atoms with Gasteiger partial charge < -0.3 is 20.4 Å². The van der Waals surface area contributed by atoms with Gasteiger partial charge in [-0.3, -0.25) is 9.59 Å². The predicted octanol–water partition coefficient (Wildman–Crippen LogP) is 3.01. The van der Waals surface area contributed by atoms with E-state index in [1.54, 1.807) is 11.6 Å². The Morgan fingerprint density at radius 1 is 1.22 bits per heavy atom. The number of carbonyl (C=O) groups is 3. The third-order valence-corrected chi connectivity index (χ3v) is 5.00. The van der Waals surface area contributed by atoms with Crippen molar-refractivity contribution in [1.29, 1.82) is 0 Å². The minimum absolute atomic E-state index is 0.220. The highest BCUT2D eigenvalue weighted by atomic mass is 32.1. The van der Waals surface area contributed by atoms with Crippen LogP contribution in [0.3, 0.4) is 0 Å². The van der Waals surface area contributed by atoms with Gasteiger partial charge >= 0.3 is 5.97 Å². The number of nitrogens with two attached hydrogens (primary N) is 1. The summed E-state index contributed by atoms with van der Waals surface area (Å²) in [6, 6.07) is 9.04. The SMILES string of the molecule is CCn1cc(C(=O)OC(C)C(=O)Nc2sccc2C(N)=O)c2ccccc21. The number of aryl methyl sites for hydroxylation is 1. The van der Waals surface area contributed by atoms with E-state index in [1.165, 1.54) is 24.3 Å². The van der Waals surface area contributed by atoms with Crippen LogP contribution in [-0.4, -0.2) is 28.5 Å². The zero-order chi connectivity index (χ0) is 19.6. The summed E-state index contributed by atoms with van der Waals surface area (Å²) < 4.78 is 7.28. The Hall–Kier alpha value is -3.13. The van der Waals surface area contributed by atoms with Gasteiger partial charge in [-0.25, -0.2) is 4.79 Å². The maximum absolute atomic E-state index is 12.6. The number of hydrogen-bond acceptors (Lipinski definition) is 5. The molecule has 3 N–H and O–H groups in total. The van der Waals surface area contributed by atoms with Gasteiger partial charge in [0.15, 0.2) is 6.10 Å². The number of fused-ring (bicyclic) bond motifs is 1. The molecule has 0 aliphatic rings. The fourth-order valence-corrected chi connectivity index (χ4v) is 3.56. The molecule has 2 aromatic heterocycles. The summed E-state index contributed by atoms with van der Waals surface area (Å²) in [5.74, 6) is -1.75. The van der Waals surface area contributed by atoms with E-state index in [9.17, 15) is 14.4 Å². The first kappa shape index (κ1) is 18.7. The quantitative estimate of drug-likeness (QED) is 0.637. The van der Waals surface area contributed by atoms with Gasteiger partial charge in [0, 0.05) is 23.6 Å². The monoisotopic (exact) mass is 385 g/mol. The smallest absolute Gasteiger partial charge is 0.341 e. The molecule has 0 bridgehead atoms. The van der Waals surface area contributed by atoms with Crippen LogP contribution in [0, 0.1) is 0 Å². The Labute approximate surface area is 159 Å². The van der Waals surface area contributed by atoms with E-state index >= 15 is 0 Å². The Morgan fingerprint density at radius 2 is 1.96 bits per heavy atom. The number of nitrogens with zero attached hydrogens (tertiary/aromatic N) is 1. The van der Waals surface area contributed by atoms with Gasteiger partial charge in [-0.05, 0) is 31.4 Å². The van der Waals surface area contributed by atoms with Crippen LogP contribution in [-0.2, 0) is 16.1 Å². The number of carbonyl (C=O) groups excluding carboxylic acids is 3. The number of ether oxygens (including phenoxy) is 1. The molecule has 140 valence electrons. The lowest BCUT2D eigenvalue weighted by Gasteiger charge is -2.13. The molecular weight excluding hydrogens is 366 g/mol. The average Bonchev–Trinajstić information content (AvgIpc) is 3.25. The minimum Gasteiger partial charge on any atom is -0.449 e. The highest BCUT2D eigenvalue weighted by Crippen LogP contribution is 2.24. The number of amides is 2. The Morgan fingerprint density at radius 3 is 2.67 bits per heavy atom. The van der Waals surface area contributed by atoms with Crippen molar-refractivity contribution >= 4 is 45.0 Å². The third kappa shape index (κ3) is 3.70. The van der Waals surface area contributed by atoms with Crippen molar-refractivity contribution in [2.75, 3.05) is 5.32 Å². The molecule has 0 saturated heterocycles. The van der Waals surface area contributed by atoms with Crippen molar-refractivity contribution in [3.63, 3.8) is 0 Å². The number of hydrogen-bond donors (Lipinski definition) is 2. The van der Waals surface area contributed by atoms with Crippen LogP contribution < -0.4 is 11.1 Å². The van der Waals surface area contributed by atoms with E-state index in [0.717, 1.165) is 10.9 Å². The maximum atomic E-state index is 12.6. The summed E-state index contributed by atoms with van der Waals surface area (Å²) in [5, 5.41) is 5.32. The highest BCUT2D eigenvalue weighted by molar-refractivity contribution is 7.14. The summed E-state index contributed by atoms with van der Waals surface area (Å²) in [4.78, 5) is 36.3. The first-order chi connectivity index (χ1) is 12.9. The molecular formula is C19H19N3O4S. The van der Waals surface area contributed by atoms with Gasteiger partial charge in [0.2, 0.25) is 0 Å². The van der Waals surface area contributed by atoms with Crippen molar-refractivity contribution < 1.29 is 19.1 Å². The Balaban J connectivity index is 1.75. The highest BCUT2D eigenvalue weighted by Gasteiger charge is 2.23. The molecule has 3 rings (SSSR count). The number of anilines is 1. The van der Waals surface area contributed by atoms with E-state index in [2.05, 4.69) is 5.32 Å². The second kappa shape index (κ2) is 7.63. The maximum Gasteiger partial charge on any atom is 0.341 e. The fourth-order valence-electron chi connectivity index (χ4n) is 2.76. The molecule has 27 heavy (non-hydrogen) atoms. The molecule has 0 radical (unpaired) electrons. The van der Waals surface area contributed by atoms with E-state index < -0.39 is 23.9 Å². The number of aromatic nitrogens is 1. The van der Waals surface area contributed by atoms with E-state index in [4.69, 9.17) is 10.5 Å². The predicted molar refractivity (Wildman–Crippen MR) is 104 cm³/mol. The van der Waals surface area contributed by atoms with Gasteiger partial charge in [0.25, 0.3) is 11.8 Å². The van der Waals surface area contributed by atoms with Gasteiger partial charge in [0.05, 0.1) is 11.1 Å². The molecule has 2 amide bonds. The van der Waals surface area contributed by atoms with Crippen LogP contribution in [0.15, 0.2) is 41.9 Å². The number of thiophene rings is 1. The lowest BCUT2D eigenvalue weighted by Crippen LogP contribution is -2.30. The number of para-hydroxylation sites is 1. The summed E-state index contributed by atoms with van der Waals surface area (Å²) in [6.45, 7) is 4.16. The molecule has 1 atom stereocenters. The number of rotatable bonds is 6. The topological polar surface area (TPSA) is 103 Å². The lowest BCUT2D eigenvalue weighted by atomic mass is 10.2. The Kier molecular flexibility index (Phi) is 5.27. The van der Waals surface area contributed by atoms with Crippen LogP contribution in [0.5, 0.6) is 0 Å². The number of benzene rings is 1. The standard InChI is InChI=1S/C19H19N3O4S/c1-3-22-10-14(12-6-4-5-7-15(12)22)19(25)26-11(2)17(24)21-18-13(16(20)23)8-9-27-18/h4-11H,3H2,1-2H3,(H2,20,23)(H,21,24). The van der Waals surface area contributed by atoms with Crippen LogP contribution in [0.2, 0.25) is 0 Å². The second-order valence-corrected chi connectivity index (χ2v) is 6.83. The first-order valence-electron chi connectivity index (χ1n) is 8.39. The van der Waals surface area contributed by atoms with Gasteiger partial charge in [-0.15, -0.1) is 11.3 Å². The van der Waals surface area contributed by atoms with Crippen molar-refractivity contribution in [3.8, 4) is 0 Å². The minimum atomic E-state index is -1.04. The fraction of sp³-hybridized carbons (Fsp3) is 0.211. The number of nitrogens with one attached hydrogen (secondary N) is 1. The van der Waals surface area contributed by atoms with Crippen molar-refractivity contribution in [2.24, 2.45) is 5.73 Å². The second-order valence-electron chi connectivity index (χ2n) is 5.91. The first-order valence-corrected chi connectivity index (χ1v) is 9.27. The van der Waals surface area contributed by atoms with E-state index in [-0.39, 0.29) is 5.56 Å². The summed E-state index contributed by atoms with van der Waals surface area (Å²) in [7, 11) is 0. The van der Waals surface area contributed by atoms with Crippen LogP contribution in [0.1, 0.15) is 34.6 Å². The van der Waals surface area contributed by atoms with Crippen LogP contribution in [0.25, 0.3) is 10.9 Å². The Bertz CT molecular complexity index is 1020. The van der Waals surface area contributed by atoms with Crippen LogP contribution in [0.4, 0.5) is 5.00 Å². The van der Waals surface area contributed by atoms with Crippen molar-refractivity contribution in [3.05, 3.63) is 53.0 Å². The molecule has 1 aromatic carbocycles. The molecule has 0 saturated carbocycles. The van der Waals surface area contributed by atoms with Crippen molar-refractivity contribution in [1.82, 2.24) is 4.57 Å². The molecule has 7 nitrogen and oxygen atoms in total. The molecule has 0 fully saturated rings. The number of esters is 1. The largest absolute Gasteiger partial charge is 0.449 e. The van der Waals surface area contributed by atoms with Crippen LogP contribution >= 0.6 is 11.3 Å². The van der Waals surface area contributed by atoms with Gasteiger partial charge in [-0.1, -0.05) is 18.2 Å². The number of primary amides is 1. The zero-order valence-electron chi connectivity index (χ0n) is 14.9. The lowest BCUT2D eigenvalue weighted by molar-refractivity contribution is -0.123. The zero-order valence-corrected chi connectivity index (χ0v) is 15.7. The molecule has 8 heteroatoms. The summed E-state index contributed by atoms with van der Waals surface area (Å²) in [6.07, 6.45) is 0.686. The molecule has 0 spiro atoms. The normalized spacial score (nSPS) is 11.9. The average molecular weight is 385 g/mol. The third-order valence-electron chi connectivity index (χ3n) is 4.17. The molecule has 3 aromatic rings. The van der Waals surface area contributed by atoms with E-state index in [0.29, 0.717) is 17.1 Å². The molecule has 0 aliphatic heterocycles. The van der Waals surface area contributed by atoms with E-state index in [1.807, 2.05) is 35.8 Å². The van der Waals surface area contributed by atoms with Gasteiger partial charge in [0.1, 0.15) is 5.00 Å². The molecule has 1 unspecified atom stereocenters. The summed E-state index contributed by atoms with van der Waals surface area (Å²) in [5.41, 5.74) is 6.81. The van der Waals surface area contributed by atoms with Crippen molar-refractivity contribution in [2.45, 2.75) is 26.5 Å².